The highest BCUT2D eigenvalue weighted by Gasteiger charge is 2.41. The van der Waals surface area contributed by atoms with Crippen LogP contribution in [0.5, 0.6) is 0 Å². The lowest BCUT2D eigenvalue weighted by atomic mass is 10.0. The number of carbonyl (C=O) groups is 4. The molecule has 4 aromatic carbocycles. The summed E-state index contributed by atoms with van der Waals surface area (Å²) in [4.78, 5) is 49.4. The maximum absolute atomic E-state index is 12.8. The van der Waals surface area contributed by atoms with Gasteiger partial charge >= 0.3 is 23.9 Å². The molecule has 2 unspecified atom stereocenters. The first-order chi connectivity index (χ1) is 16.4. The van der Waals surface area contributed by atoms with E-state index in [1.54, 1.807) is 72.8 Å². The predicted molar refractivity (Wildman–Crippen MR) is 122 cm³/mol. The fourth-order valence-electron chi connectivity index (χ4n) is 3.65. The summed E-state index contributed by atoms with van der Waals surface area (Å²) in [6.07, 6.45) is -4.55. The molecule has 8 heteroatoms. The summed E-state index contributed by atoms with van der Waals surface area (Å²) in [5.74, 6) is -5.66. The Labute approximate surface area is 193 Å². The number of fused-ring (bicyclic) bond motifs is 2. The van der Waals surface area contributed by atoms with Crippen LogP contribution >= 0.6 is 0 Å². The second-order valence-electron chi connectivity index (χ2n) is 7.38. The zero-order chi connectivity index (χ0) is 24.2. The average molecular weight is 458 g/mol. The summed E-state index contributed by atoms with van der Waals surface area (Å²) in [6, 6.07) is 23.3. The molecule has 2 N–H and O–H groups in total. The Kier molecular flexibility index (Phi) is 6.22. The minimum atomic E-state index is -2.28. The molecule has 0 fully saturated rings. The number of carboxylic acid groups (broad SMARTS) is 2. The number of aliphatic carboxylic acids is 2. The van der Waals surface area contributed by atoms with Crippen molar-refractivity contribution in [1.29, 1.82) is 0 Å². The third-order valence-corrected chi connectivity index (χ3v) is 5.25. The first-order valence-electron chi connectivity index (χ1n) is 10.2. The molecule has 34 heavy (non-hydrogen) atoms. The predicted octanol–water partition coefficient (Wildman–Crippen LogP) is 3.91. The van der Waals surface area contributed by atoms with Gasteiger partial charge in [0.15, 0.2) is 0 Å². The van der Waals surface area contributed by atoms with E-state index in [2.05, 4.69) is 0 Å². The topological polar surface area (TPSA) is 127 Å². The molecule has 0 saturated heterocycles. The van der Waals surface area contributed by atoms with E-state index in [0.717, 1.165) is 0 Å². The first-order valence-corrected chi connectivity index (χ1v) is 10.2. The molecule has 0 aliphatic carbocycles. The Morgan fingerprint density at radius 2 is 0.882 bits per heavy atom. The summed E-state index contributed by atoms with van der Waals surface area (Å²) < 4.78 is 10.1. The number of carboxylic acids is 2. The third-order valence-electron chi connectivity index (χ3n) is 5.25. The van der Waals surface area contributed by atoms with Crippen LogP contribution in [0.3, 0.4) is 0 Å². The van der Waals surface area contributed by atoms with Gasteiger partial charge in [0.1, 0.15) is 0 Å². The van der Waals surface area contributed by atoms with Gasteiger partial charge in [-0.25, -0.2) is 19.2 Å². The number of ether oxygens (including phenoxy) is 2. The Hall–Kier alpha value is -4.72. The van der Waals surface area contributed by atoms with Crippen LogP contribution in [-0.4, -0.2) is 46.3 Å². The van der Waals surface area contributed by atoms with Crippen molar-refractivity contribution in [2.75, 3.05) is 0 Å². The largest absolute Gasteiger partial charge is 0.478 e. The lowest BCUT2D eigenvalue weighted by Crippen LogP contribution is -2.45. The molecule has 0 saturated carbocycles. The van der Waals surface area contributed by atoms with Gasteiger partial charge in [-0.2, -0.15) is 0 Å². The summed E-state index contributed by atoms with van der Waals surface area (Å²) >= 11 is 0. The second-order valence-corrected chi connectivity index (χ2v) is 7.38. The summed E-state index contributed by atoms with van der Waals surface area (Å²) in [6.45, 7) is 0. The summed E-state index contributed by atoms with van der Waals surface area (Å²) in [5.41, 5.74) is 0.0998. The number of hydrogen-bond acceptors (Lipinski definition) is 6. The van der Waals surface area contributed by atoms with Crippen molar-refractivity contribution in [3.63, 3.8) is 0 Å². The molecule has 0 heterocycles. The molecule has 0 aliphatic heterocycles. The van der Waals surface area contributed by atoms with Crippen molar-refractivity contribution in [2.45, 2.75) is 12.2 Å². The van der Waals surface area contributed by atoms with Crippen LogP contribution in [0.1, 0.15) is 20.7 Å². The molecule has 8 nitrogen and oxygen atoms in total. The van der Waals surface area contributed by atoms with Crippen molar-refractivity contribution in [2.24, 2.45) is 0 Å². The number of rotatable bonds is 7. The molecule has 0 spiro atoms. The Bertz CT molecular complexity index is 1310. The first kappa shape index (κ1) is 22.5. The fraction of sp³-hybridized carbons (Fsp3) is 0.0769. The van der Waals surface area contributed by atoms with E-state index in [9.17, 15) is 29.4 Å². The molecule has 0 aliphatic rings. The number of hydrogen-bond donors (Lipinski definition) is 2. The van der Waals surface area contributed by atoms with Gasteiger partial charge in [0.25, 0.3) is 0 Å². The minimum Gasteiger partial charge on any atom is -0.478 e. The van der Waals surface area contributed by atoms with Crippen LogP contribution in [-0.2, 0) is 19.1 Å². The Balaban J connectivity index is 1.63. The van der Waals surface area contributed by atoms with Crippen molar-refractivity contribution in [1.82, 2.24) is 0 Å². The van der Waals surface area contributed by atoms with Gasteiger partial charge in [0.05, 0.1) is 11.1 Å². The fourth-order valence-corrected chi connectivity index (χ4v) is 3.65. The normalized spacial score (nSPS) is 12.6. The van der Waals surface area contributed by atoms with Crippen LogP contribution in [0, 0.1) is 0 Å². The molecular formula is C26H18O8. The van der Waals surface area contributed by atoms with Crippen LogP contribution in [0.2, 0.25) is 0 Å². The van der Waals surface area contributed by atoms with Crippen LogP contribution in [0.25, 0.3) is 21.5 Å². The van der Waals surface area contributed by atoms with E-state index >= 15 is 0 Å². The highest BCUT2D eigenvalue weighted by molar-refractivity contribution is 6.06. The molecular weight excluding hydrogens is 440 g/mol. The van der Waals surface area contributed by atoms with Gasteiger partial charge in [-0.1, -0.05) is 72.8 Å². The number of esters is 2. The quantitative estimate of drug-likeness (QED) is 0.399. The lowest BCUT2D eigenvalue weighted by Gasteiger charge is -2.21. The van der Waals surface area contributed by atoms with E-state index in [1.807, 2.05) is 0 Å². The molecule has 170 valence electrons. The van der Waals surface area contributed by atoms with Crippen LogP contribution < -0.4 is 0 Å². The maximum Gasteiger partial charge on any atom is 0.349 e. The van der Waals surface area contributed by atoms with E-state index in [1.165, 1.54) is 12.1 Å². The molecule has 4 rings (SSSR count). The highest BCUT2D eigenvalue weighted by atomic mass is 16.6. The van der Waals surface area contributed by atoms with E-state index in [4.69, 9.17) is 9.47 Å². The molecule has 0 radical (unpaired) electrons. The number of benzene rings is 4. The van der Waals surface area contributed by atoms with E-state index in [0.29, 0.717) is 21.5 Å². The summed E-state index contributed by atoms with van der Waals surface area (Å²) in [5, 5.41) is 21.7. The molecule has 0 bridgehead atoms. The maximum atomic E-state index is 12.8. The van der Waals surface area contributed by atoms with Gasteiger partial charge in [-0.05, 0) is 33.7 Å². The van der Waals surface area contributed by atoms with Crippen LogP contribution in [0.4, 0.5) is 0 Å². The molecule has 0 aromatic heterocycles. The second kappa shape index (κ2) is 9.41. The van der Waals surface area contributed by atoms with Gasteiger partial charge in [0, 0.05) is 0 Å². The van der Waals surface area contributed by atoms with Crippen LogP contribution in [0.15, 0.2) is 84.9 Å². The monoisotopic (exact) mass is 458 g/mol. The Morgan fingerprint density at radius 1 is 0.529 bits per heavy atom. The smallest absolute Gasteiger partial charge is 0.349 e. The van der Waals surface area contributed by atoms with Gasteiger partial charge in [0.2, 0.25) is 12.2 Å². The summed E-state index contributed by atoms with van der Waals surface area (Å²) in [7, 11) is 0. The van der Waals surface area contributed by atoms with Gasteiger partial charge in [-0.15, -0.1) is 0 Å². The SMILES string of the molecule is O=C(OC(C(=O)O)C(OC(=O)c1cccc2ccccc12)C(=O)O)c1cccc2ccccc12. The van der Waals surface area contributed by atoms with E-state index < -0.39 is 36.1 Å². The zero-order valence-electron chi connectivity index (χ0n) is 17.6. The van der Waals surface area contributed by atoms with Gasteiger partial charge < -0.3 is 19.7 Å². The van der Waals surface area contributed by atoms with Crippen molar-refractivity contribution in [3.8, 4) is 0 Å². The highest BCUT2D eigenvalue weighted by Crippen LogP contribution is 2.23. The molecule has 0 amide bonds. The van der Waals surface area contributed by atoms with E-state index in [-0.39, 0.29) is 11.1 Å². The zero-order valence-corrected chi connectivity index (χ0v) is 17.6. The standard InChI is InChI=1S/C26H18O8/c27-23(28)21(33-25(31)19-13-5-9-15-7-1-3-11-17(15)19)22(24(29)30)34-26(32)20-14-6-10-16-8-2-4-12-18(16)20/h1-14,21-22H,(H,27,28)(H,29,30). The minimum absolute atomic E-state index is 0.0499. The lowest BCUT2D eigenvalue weighted by molar-refractivity contribution is -0.166. The average Bonchev–Trinajstić information content (AvgIpc) is 2.84. The number of carbonyl (C=O) groups excluding carboxylic acids is 2. The van der Waals surface area contributed by atoms with Crippen molar-refractivity contribution in [3.05, 3.63) is 96.1 Å². The molecule has 2 atom stereocenters. The van der Waals surface area contributed by atoms with Crippen molar-refractivity contribution >= 4 is 45.4 Å². The molecule has 4 aromatic rings. The third kappa shape index (κ3) is 4.42. The van der Waals surface area contributed by atoms with Crippen molar-refractivity contribution < 1.29 is 38.9 Å². The van der Waals surface area contributed by atoms with Gasteiger partial charge in [-0.3, -0.25) is 0 Å². The Morgan fingerprint density at radius 3 is 1.26 bits per heavy atom.